The summed E-state index contributed by atoms with van der Waals surface area (Å²) in [7, 11) is -3.89. The van der Waals surface area contributed by atoms with Crippen molar-refractivity contribution in [2.24, 2.45) is 5.92 Å². The molecule has 1 heterocycles. The van der Waals surface area contributed by atoms with Crippen molar-refractivity contribution in [3.05, 3.63) is 59.4 Å². The van der Waals surface area contributed by atoms with Gasteiger partial charge in [0.1, 0.15) is 0 Å². The minimum Gasteiger partial charge on any atom is -0.393 e. The maximum Gasteiger partial charge on any atom is 0.255 e. The Morgan fingerprint density at radius 3 is 2.45 bits per heavy atom. The first kappa shape index (κ1) is 21.3. The second kappa shape index (κ2) is 8.13. The van der Waals surface area contributed by atoms with E-state index in [4.69, 9.17) is 0 Å². The summed E-state index contributed by atoms with van der Waals surface area (Å²) in [6, 6.07) is 6.44. The van der Waals surface area contributed by atoms with Crippen molar-refractivity contribution < 1.29 is 31.5 Å². The van der Waals surface area contributed by atoms with Crippen LogP contribution in [-0.4, -0.2) is 42.9 Å². The van der Waals surface area contributed by atoms with E-state index in [9.17, 15) is 31.5 Å². The molecule has 3 rings (SSSR count). The van der Waals surface area contributed by atoms with Gasteiger partial charge in [0.15, 0.2) is 17.5 Å². The molecule has 0 saturated carbocycles. The Balaban J connectivity index is 1.83. The highest BCUT2D eigenvalue weighted by molar-refractivity contribution is 7.89. The fourth-order valence-corrected chi connectivity index (χ4v) is 4.69. The molecule has 0 spiro atoms. The van der Waals surface area contributed by atoms with Gasteiger partial charge in [-0.15, -0.1) is 0 Å². The quantitative estimate of drug-likeness (QED) is 0.734. The molecule has 156 valence electrons. The van der Waals surface area contributed by atoms with Crippen molar-refractivity contribution in [1.82, 2.24) is 4.31 Å². The summed E-state index contributed by atoms with van der Waals surface area (Å²) in [6.45, 7) is 2.05. The van der Waals surface area contributed by atoms with Crippen LogP contribution in [0.25, 0.3) is 0 Å². The van der Waals surface area contributed by atoms with E-state index in [1.54, 1.807) is 6.92 Å². The smallest absolute Gasteiger partial charge is 0.255 e. The summed E-state index contributed by atoms with van der Waals surface area (Å²) in [5, 5.41) is 12.0. The van der Waals surface area contributed by atoms with E-state index in [0.29, 0.717) is 18.6 Å². The molecular weight excluding hydrogens is 409 g/mol. The number of benzene rings is 2. The van der Waals surface area contributed by atoms with Gasteiger partial charge < -0.3 is 10.4 Å². The van der Waals surface area contributed by atoms with Crippen LogP contribution >= 0.6 is 0 Å². The van der Waals surface area contributed by atoms with Crippen LogP contribution in [0.4, 0.5) is 18.9 Å². The number of carbonyl (C=O) groups excluding carboxylic acids is 1. The van der Waals surface area contributed by atoms with E-state index in [0.717, 1.165) is 6.07 Å². The maximum absolute atomic E-state index is 13.3. The lowest BCUT2D eigenvalue weighted by Crippen LogP contribution is -2.44. The van der Waals surface area contributed by atoms with Crippen molar-refractivity contribution in [3.63, 3.8) is 0 Å². The predicted octanol–water partition coefficient (Wildman–Crippen LogP) is 2.75. The highest BCUT2D eigenvalue weighted by Gasteiger charge is 2.33. The van der Waals surface area contributed by atoms with Crippen LogP contribution in [0, 0.1) is 23.4 Å². The van der Waals surface area contributed by atoms with Gasteiger partial charge in [-0.2, -0.15) is 4.31 Å². The van der Waals surface area contributed by atoms with Crippen LogP contribution in [0.3, 0.4) is 0 Å². The van der Waals surface area contributed by atoms with E-state index in [1.165, 1.54) is 22.5 Å². The lowest BCUT2D eigenvalue weighted by molar-refractivity contribution is 0.0628. The van der Waals surface area contributed by atoms with Crippen LogP contribution in [0.5, 0.6) is 0 Å². The van der Waals surface area contributed by atoms with Crippen LogP contribution in [0.2, 0.25) is 0 Å². The van der Waals surface area contributed by atoms with Gasteiger partial charge in [-0.1, -0.05) is 13.0 Å². The van der Waals surface area contributed by atoms with Gasteiger partial charge in [0.2, 0.25) is 10.0 Å². The number of hydrogen-bond donors (Lipinski definition) is 2. The second-order valence-corrected chi connectivity index (χ2v) is 8.87. The molecule has 1 amide bonds. The van der Waals surface area contributed by atoms with E-state index in [-0.39, 0.29) is 35.2 Å². The molecule has 2 N–H and O–H groups in total. The van der Waals surface area contributed by atoms with Gasteiger partial charge in [0.25, 0.3) is 5.91 Å². The molecule has 0 aromatic heterocycles. The topological polar surface area (TPSA) is 86.7 Å². The zero-order chi connectivity index (χ0) is 21.3. The Kier molecular flexibility index (Phi) is 5.97. The molecule has 2 aromatic carbocycles. The zero-order valence-electron chi connectivity index (χ0n) is 15.4. The van der Waals surface area contributed by atoms with E-state index >= 15 is 0 Å². The second-order valence-electron chi connectivity index (χ2n) is 6.93. The first-order valence-electron chi connectivity index (χ1n) is 8.84. The number of halogens is 3. The first-order valence-corrected chi connectivity index (χ1v) is 10.3. The number of anilines is 1. The molecule has 29 heavy (non-hydrogen) atoms. The molecule has 6 nitrogen and oxygen atoms in total. The minimum atomic E-state index is -3.89. The number of amides is 1. The van der Waals surface area contributed by atoms with E-state index in [2.05, 4.69) is 5.32 Å². The Morgan fingerprint density at radius 1 is 1.17 bits per heavy atom. The van der Waals surface area contributed by atoms with Crippen molar-refractivity contribution in [2.45, 2.75) is 24.3 Å². The molecule has 0 aliphatic carbocycles. The van der Waals surface area contributed by atoms with E-state index in [1.807, 2.05) is 0 Å². The number of rotatable bonds is 4. The highest BCUT2D eigenvalue weighted by Crippen LogP contribution is 2.25. The molecule has 1 fully saturated rings. The number of nitrogens with zero attached hydrogens (tertiary/aromatic N) is 1. The Bertz CT molecular complexity index is 1020. The number of nitrogens with one attached hydrogen (secondary N) is 1. The number of aliphatic hydroxyl groups excluding tert-OH is 1. The summed E-state index contributed by atoms with van der Waals surface area (Å²) >= 11 is 0. The predicted molar refractivity (Wildman–Crippen MR) is 99.3 cm³/mol. The number of aliphatic hydroxyl groups is 1. The van der Waals surface area contributed by atoms with Crippen molar-refractivity contribution in [1.29, 1.82) is 0 Å². The van der Waals surface area contributed by atoms with Crippen LogP contribution < -0.4 is 5.32 Å². The maximum atomic E-state index is 13.3. The molecule has 2 unspecified atom stereocenters. The summed E-state index contributed by atoms with van der Waals surface area (Å²) in [4.78, 5) is 12.3. The van der Waals surface area contributed by atoms with Gasteiger partial charge >= 0.3 is 0 Å². The Labute approximate surface area is 166 Å². The van der Waals surface area contributed by atoms with Gasteiger partial charge in [-0.25, -0.2) is 21.6 Å². The lowest BCUT2D eigenvalue weighted by atomic mass is 9.99. The van der Waals surface area contributed by atoms with Crippen molar-refractivity contribution in [2.75, 3.05) is 18.4 Å². The number of sulfonamides is 1. The highest BCUT2D eigenvalue weighted by atomic mass is 32.2. The summed E-state index contributed by atoms with van der Waals surface area (Å²) in [6.07, 6.45) is -0.266. The summed E-state index contributed by atoms with van der Waals surface area (Å²) in [5.41, 5.74) is -0.361. The van der Waals surface area contributed by atoms with Gasteiger partial charge in [0, 0.05) is 36.5 Å². The van der Waals surface area contributed by atoms with Crippen molar-refractivity contribution in [3.8, 4) is 0 Å². The van der Waals surface area contributed by atoms with Crippen LogP contribution in [0.1, 0.15) is 23.7 Å². The molecule has 0 bridgehead atoms. The molecule has 1 aliphatic heterocycles. The summed E-state index contributed by atoms with van der Waals surface area (Å²) < 4.78 is 66.6. The summed E-state index contributed by atoms with van der Waals surface area (Å²) in [5.74, 6) is -5.61. The first-order chi connectivity index (χ1) is 13.6. The largest absolute Gasteiger partial charge is 0.393 e. The average molecular weight is 428 g/mol. The molecule has 1 aliphatic rings. The molecule has 2 atom stereocenters. The monoisotopic (exact) mass is 428 g/mol. The third-order valence-corrected chi connectivity index (χ3v) is 6.66. The fourth-order valence-electron chi connectivity index (χ4n) is 3.09. The standard InChI is InChI=1S/C19H19F3N2O4S/c1-11-10-24(6-5-17(11)25)29(27,28)14-4-2-3-12(7-14)19(26)23-13-8-15(20)18(22)16(21)9-13/h2-4,7-9,11,17,25H,5-6,10H2,1H3,(H,23,26). The van der Waals surface area contributed by atoms with Gasteiger partial charge in [-0.05, 0) is 30.5 Å². The third kappa shape index (κ3) is 4.44. The number of carbonyl (C=O) groups is 1. The van der Waals surface area contributed by atoms with Gasteiger partial charge in [-0.3, -0.25) is 4.79 Å². The molecule has 2 aromatic rings. The Hall–Kier alpha value is -2.43. The third-order valence-electron chi connectivity index (χ3n) is 4.80. The minimum absolute atomic E-state index is 0.0543. The van der Waals surface area contributed by atoms with Crippen LogP contribution in [0.15, 0.2) is 41.3 Å². The van der Waals surface area contributed by atoms with Gasteiger partial charge in [0.05, 0.1) is 11.0 Å². The Morgan fingerprint density at radius 2 is 1.83 bits per heavy atom. The number of hydrogen-bond acceptors (Lipinski definition) is 4. The van der Waals surface area contributed by atoms with Crippen LogP contribution in [-0.2, 0) is 10.0 Å². The molecule has 0 radical (unpaired) electrons. The molecule has 10 heteroatoms. The SMILES string of the molecule is CC1CN(S(=O)(=O)c2cccc(C(=O)Nc3cc(F)c(F)c(F)c3)c2)CCC1O. The molecule has 1 saturated heterocycles. The van der Waals surface area contributed by atoms with Crippen molar-refractivity contribution >= 4 is 21.6 Å². The zero-order valence-corrected chi connectivity index (χ0v) is 16.2. The average Bonchev–Trinajstić information content (AvgIpc) is 2.68. The van der Waals surface area contributed by atoms with E-state index < -0.39 is 39.5 Å². The molecular formula is C19H19F3N2O4S. The fraction of sp³-hybridized carbons (Fsp3) is 0.316. The lowest BCUT2D eigenvalue weighted by Gasteiger charge is -2.33. The number of piperidine rings is 1. The normalized spacial score (nSPS) is 20.4.